The highest BCUT2D eigenvalue weighted by Crippen LogP contribution is 2.29. The lowest BCUT2D eigenvalue weighted by molar-refractivity contribution is -0.0607. The fraction of sp³-hybridized carbons (Fsp3) is 0.217. The second kappa shape index (κ2) is 9.33. The van der Waals surface area contributed by atoms with Gasteiger partial charge in [-0.15, -0.1) is 0 Å². The van der Waals surface area contributed by atoms with E-state index in [1.807, 2.05) is 91.0 Å². The predicted molar refractivity (Wildman–Crippen MR) is 113 cm³/mol. The van der Waals surface area contributed by atoms with E-state index in [1.54, 1.807) is 0 Å². The molecule has 3 aromatic carbocycles. The fourth-order valence-electron chi connectivity index (χ4n) is 3.31. The van der Waals surface area contributed by atoms with Crippen molar-refractivity contribution in [3.8, 4) is 0 Å². The smallest absolute Gasteiger partial charge is 0.309 e. The Morgan fingerprint density at radius 1 is 0.690 bits per heavy atom. The zero-order valence-electron chi connectivity index (χ0n) is 16.1. The van der Waals surface area contributed by atoms with Crippen molar-refractivity contribution in [2.45, 2.75) is 31.0 Å². The highest BCUT2D eigenvalue weighted by atomic mass is 32.2. The SMILES string of the molecule is O=S(=O)(O)C(O)(CCc1ccccc1)N(Cc1ccccc1)Cc1ccccc1. The van der Waals surface area contributed by atoms with Gasteiger partial charge < -0.3 is 5.11 Å². The first kappa shape index (κ1) is 21.2. The largest absolute Gasteiger partial charge is 0.361 e. The number of aryl methyl sites for hydroxylation is 1. The molecule has 0 aliphatic carbocycles. The number of aliphatic hydroxyl groups is 1. The molecule has 0 heterocycles. The summed E-state index contributed by atoms with van der Waals surface area (Å²) in [6.07, 6.45) is 0.146. The number of rotatable bonds is 9. The van der Waals surface area contributed by atoms with E-state index in [-0.39, 0.29) is 19.5 Å². The summed E-state index contributed by atoms with van der Waals surface area (Å²) < 4.78 is 34.7. The van der Waals surface area contributed by atoms with Gasteiger partial charge in [0.15, 0.2) is 0 Å². The lowest BCUT2D eigenvalue weighted by Crippen LogP contribution is -2.54. The standard InChI is InChI=1S/C23H25NO4S/c25-23(29(26,27)28,17-16-20-10-4-1-5-11-20)24(18-21-12-6-2-7-13-21)19-22-14-8-3-9-15-22/h1-15,25H,16-19H2,(H,26,27,28). The first-order valence-electron chi connectivity index (χ1n) is 9.45. The summed E-state index contributed by atoms with van der Waals surface area (Å²) in [6, 6.07) is 27.9. The second-order valence-corrected chi connectivity index (χ2v) is 8.64. The molecule has 0 aliphatic rings. The minimum Gasteiger partial charge on any atom is -0.361 e. The Hall–Kier alpha value is -2.51. The third-order valence-electron chi connectivity index (χ3n) is 4.92. The molecule has 0 fully saturated rings. The zero-order valence-corrected chi connectivity index (χ0v) is 16.9. The van der Waals surface area contributed by atoms with Gasteiger partial charge in [-0.25, -0.2) is 0 Å². The van der Waals surface area contributed by atoms with E-state index in [0.29, 0.717) is 6.42 Å². The number of nitrogens with zero attached hydrogens (tertiary/aromatic N) is 1. The fourth-order valence-corrected chi connectivity index (χ4v) is 4.13. The number of benzene rings is 3. The van der Waals surface area contributed by atoms with Crippen molar-refractivity contribution in [1.29, 1.82) is 0 Å². The molecule has 0 radical (unpaired) electrons. The van der Waals surface area contributed by atoms with Crippen LogP contribution in [0.15, 0.2) is 91.0 Å². The number of hydrogen-bond acceptors (Lipinski definition) is 4. The van der Waals surface area contributed by atoms with E-state index in [1.165, 1.54) is 4.90 Å². The Balaban J connectivity index is 1.94. The third-order valence-corrected chi connectivity index (χ3v) is 6.21. The van der Waals surface area contributed by atoms with Crippen LogP contribution in [0.2, 0.25) is 0 Å². The van der Waals surface area contributed by atoms with Crippen LogP contribution in [0.3, 0.4) is 0 Å². The maximum absolute atomic E-state index is 12.4. The van der Waals surface area contributed by atoms with Gasteiger partial charge in [-0.3, -0.25) is 9.45 Å². The molecule has 1 unspecified atom stereocenters. The van der Waals surface area contributed by atoms with Crippen molar-refractivity contribution in [1.82, 2.24) is 4.90 Å². The molecular formula is C23H25NO4S. The van der Waals surface area contributed by atoms with Gasteiger partial charge in [-0.1, -0.05) is 91.0 Å². The van der Waals surface area contributed by atoms with Gasteiger partial charge in [0, 0.05) is 19.5 Å². The Morgan fingerprint density at radius 3 is 1.45 bits per heavy atom. The van der Waals surface area contributed by atoms with Crippen molar-refractivity contribution < 1.29 is 18.1 Å². The van der Waals surface area contributed by atoms with Crippen LogP contribution in [0.4, 0.5) is 0 Å². The van der Waals surface area contributed by atoms with Gasteiger partial charge in [0.1, 0.15) is 0 Å². The molecule has 5 nitrogen and oxygen atoms in total. The summed E-state index contributed by atoms with van der Waals surface area (Å²) in [6.45, 7) is 0.335. The van der Waals surface area contributed by atoms with E-state index >= 15 is 0 Å². The first-order valence-corrected chi connectivity index (χ1v) is 10.9. The molecule has 2 N–H and O–H groups in total. The minimum atomic E-state index is -4.79. The normalized spacial score (nSPS) is 13.9. The maximum atomic E-state index is 12.4. The molecular weight excluding hydrogens is 386 g/mol. The van der Waals surface area contributed by atoms with Gasteiger partial charge in [0.05, 0.1) is 0 Å². The third kappa shape index (κ3) is 5.52. The van der Waals surface area contributed by atoms with Crippen molar-refractivity contribution in [3.05, 3.63) is 108 Å². The summed E-state index contributed by atoms with van der Waals surface area (Å²) >= 11 is 0. The molecule has 0 saturated heterocycles. The van der Waals surface area contributed by atoms with Crippen LogP contribution >= 0.6 is 0 Å². The van der Waals surface area contributed by atoms with Gasteiger partial charge in [0.2, 0.25) is 5.06 Å². The van der Waals surface area contributed by atoms with Crippen LogP contribution in [0, 0.1) is 0 Å². The minimum absolute atomic E-state index is 0.157. The molecule has 3 rings (SSSR count). The molecule has 6 heteroatoms. The van der Waals surface area contributed by atoms with E-state index in [4.69, 9.17) is 0 Å². The summed E-state index contributed by atoms with van der Waals surface area (Å²) in [5, 5.41) is 8.86. The average molecular weight is 412 g/mol. The molecule has 0 spiro atoms. The molecule has 0 amide bonds. The highest BCUT2D eigenvalue weighted by Gasteiger charge is 2.46. The topological polar surface area (TPSA) is 77.8 Å². The molecule has 1 atom stereocenters. The summed E-state index contributed by atoms with van der Waals surface area (Å²) in [4.78, 5) is 1.41. The average Bonchev–Trinajstić information content (AvgIpc) is 2.73. The Labute approximate surface area is 172 Å². The van der Waals surface area contributed by atoms with E-state index in [9.17, 15) is 18.1 Å². The Morgan fingerprint density at radius 2 is 1.07 bits per heavy atom. The maximum Gasteiger partial charge on any atom is 0.309 e. The van der Waals surface area contributed by atoms with Crippen LogP contribution in [0.25, 0.3) is 0 Å². The van der Waals surface area contributed by atoms with E-state index in [0.717, 1.165) is 16.7 Å². The predicted octanol–water partition coefficient (Wildman–Crippen LogP) is 3.86. The van der Waals surface area contributed by atoms with Gasteiger partial charge in [-0.2, -0.15) is 8.42 Å². The molecule has 0 saturated carbocycles. The van der Waals surface area contributed by atoms with Crippen molar-refractivity contribution >= 4 is 10.1 Å². The summed E-state index contributed by atoms with van der Waals surface area (Å²) in [5.74, 6) is 0. The van der Waals surface area contributed by atoms with Crippen LogP contribution in [0.5, 0.6) is 0 Å². The summed E-state index contributed by atoms with van der Waals surface area (Å²) in [5.41, 5.74) is 2.56. The Bertz CT molecular complexity index is 953. The quantitative estimate of drug-likeness (QED) is 0.413. The zero-order chi connectivity index (χ0) is 20.7. The van der Waals surface area contributed by atoms with Crippen LogP contribution < -0.4 is 0 Å². The van der Waals surface area contributed by atoms with Crippen molar-refractivity contribution in [3.63, 3.8) is 0 Å². The van der Waals surface area contributed by atoms with Gasteiger partial charge in [0.25, 0.3) is 0 Å². The lowest BCUT2D eigenvalue weighted by Gasteiger charge is -2.37. The molecule has 0 aromatic heterocycles. The molecule has 29 heavy (non-hydrogen) atoms. The van der Waals surface area contributed by atoms with Crippen LogP contribution in [-0.2, 0) is 29.6 Å². The van der Waals surface area contributed by atoms with Crippen molar-refractivity contribution in [2.75, 3.05) is 0 Å². The van der Waals surface area contributed by atoms with Gasteiger partial charge >= 0.3 is 10.1 Å². The van der Waals surface area contributed by atoms with Gasteiger partial charge in [-0.05, 0) is 23.1 Å². The number of hydrogen-bond donors (Lipinski definition) is 2. The molecule has 0 bridgehead atoms. The monoisotopic (exact) mass is 411 g/mol. The molecule has 3 aromatic rings. The second-order valence-electron chi connectivity index (χ2n) is 7.03. The van der Waals surface area contributed by atoms with E-state index < -0.39 is 15.2 Å². The lowest BCUT2D eigenvalue weighted by atomic mass is 10.1. The van der Waals surface area contributed by atoms with E-state index in [2.05, 4.69) is 0 Å². The van der Waals surface area contributed by atoms with Crippen molar-refractivity contribution in [2.24, 2.45) is 0 Å². The first-order chi connectivity index (χ1) is 13.9. The highest BCUT2D eigenvalue weighted by molar-refractivity contribution is 7.87. The molecule has 0 aliphatic heterocycles. The van der Waals surface area contributed by atoms with Crippen LogP contribution in [0.1, 0.15) is 23.1 Å². The summed E-state index contributed by atoms with van der Waals surface area (Å²) in [7, 11) is -4.79. The Kier molecular flexibility index (Phi) is 6.82. The molecule has 152 valence electrons. The van der Waals surface area contributed by atoms with Crippen LogP contribution in [-0.4, -0.2) is 28.0 Å².